The van der Waals surface area contributed by atoms with Gasteiger partial charge in [0.1, 0.15) is 0 Å². The van der Waals surface area contributed by atoms with Crippen LogP contribution in [0.4, 0.5) is 0 Å². The molecule has 0 spiro atoms. The van der Waals surface area contributed by atoms with E-state index in [0.29, 0.717) is 30.8 Å². The van der Waals surface area contributed by atoms with Crippen LogP contribution in [0.25, 0.3) is 0 Å². The van der Waals surface area contributed by atoms with Crippen LogP contribution in [0.15, 0.2) is 11.1 Å². The zero-order valence-corrected chi connectivity index (χ0v) is 14.7. The molecule has 0 rings (SSSR count). The third-order valence-corrected chi connectivity index (χ3v) is 3.41. The number of ether oxygens (including phenoxy) is 2. The van der Waals surface area contributed by atoms with Crippen molar-refractivity contribution in [2.45, 2.75) is 79.1 Å². The molecule has 0 N–H and O–H groups in total. The first-order valence-electron chi connectivity index (χ1n) is 8.62. The summed E-state index contributed by atoms with van der Waals surface area (Å²) in [4.78, 5) is 24.1. The van der Waals surface area contributed by atoms with Gasteiger partial charge in [-0.05, 0) is 32.6 Å². The van der Waals surface area contributed by atoms with Gasteiger partial charge in [0.2, 0.25) is 0 Å². The molecule has 0 aliphatic heterocycles. The van der Waals surface area contributed by atoms with Crippen molar-refractivity contribution in [3.05, 3.63) is 11.1 Å². The molecule has 128 valence electrons. The van der Waals surface area contributed by atoms with E-state index in [1.54, 1.807) is 6.92 Å². The summed E-state index contributed by atoms with van der Waals surface area (Å²) in [5.41, 5.74) is 0.871. The van der Waals surface area contributed by atoms with E-state index in [1.165, 1.54) is 12.8 Å². The maximum absolute atomic E-state index is 12.2. The zero-order chi connectivity index (χ0) is 16.8. The van der Waals surface area contributed by atoms with Crippen LogP contribution in [0.5, 0.6) is 0 Å². The van der Waals surface area contributed by atoms with E-state index in [0.717, 1.165) is 32.1 Å². The van der Waals surface area contributed by atoms with Gasteiger partial charge in [-0.15, -0.1) is 0 Å². The fourth-order valence-corrected chi connectivity index (χ4v) is 2.06. The van der Waals surface area contributed by atoms with Crippen molar-refractivity contribution < 1.29 is 19.1 Å². The maximum Gasteiger partial charge on any atom is 0.334 e. The second-order valence-corrected chi connectivity index (χ2v) is 5.54. The van der Waals surface area contributed by atoms with Crippen molar-refractivity contribution in [3.8, 4) is 0 Å². The Morgan fingerprint density at radius 3 is 1.82 bits per heavy atom. The summed E-state index contributed by atoms with van der Waals surface area (Å²) in [7, 11) is 0. The van der Waals surface area contributed by atoms with Gasteiger partial charge in [-0.2, -0.15) is 0 Å². The molecule has 0 aromatic rings. The molecule has 0 fully saturated rings. The predicted molar refractivity (Wildman–Crippen MR) is 88.6 cm³/mol. The van der Waals surface area contributed by atoms with Gasteiger partial charge in [0.25, 0.3) is 0 Å². The predicted octanol–water partition coefficient (Wildman–Crippen LogP) is 4.57. The summed E-state index contributed by atoms with van der Waals surface area (Å²) in [5.74, 6) is -0.776. The lowest BCUT2D eigenvalue weighted by molar-refractivity contribution is -0.142. The number of hydrogen-bond donors (Lipinski definition) is 0. The molecule has 0 saturated carbocycles. The van der Waals surface area contributed by atoms with Gasteiger partial charge in [0, 0.05) is 11.1 Å². The molecule has 22 heavy (non-hydrogen) atoms. The molecule has 0 atom stereocenters. The highest BCUT2D eigenvalue weighted by molar-refractivity contribution is 5.99. The molecule has 0 unspecified atom stereocenters. The third-order valence-electron chi connectivity index (χ3n) is 3.41. The van der Waals surface area contributed by atoms with Gasteiger partial charge >= 0.3 is 11.9 Å². The number of esters is 2. The molecule has 0 aliphatic rings. The SMILES string of the molecule is CCCCCCC/C(C(=O)OCCC)=C(\C)C(=O)OCCC. The molecule has 0 amide bonds. The average Bonchev–Trinajstić information content (AvgIpc) is 2.53. The van der Waals surface area contributed by atoms with Gasteiger partial charge in [0.15, 0.2) is 0 Å². The van der Waals surface area contributed by atoms with E-state index in [9.17, 15) is 9.59 Å². The Labute approximate surface area is 135 Å². The van der Waals surface area contributed by atoms with Crippen LogP contribution in [-0.4, -0.2) is 25.2 Å². The van der Waals surface area contributed by atoms with E-state index in [-0.39, 0.29) is 5.97 Å². The minimum atomic E-state index is -0.404. The van der Waals surface area contributed by atoms with E-state index < -0.39 is 5.97 Å². The number of rotatable bonds is 12. The molecular weight excluding hydrogens is 280 g/mol. The fraction of sp³-hybridized carbons (Fsp3) is 0.778. The average molecular weight is 312 g/mol. The number of unbranched alkanes of at least 4 members (excludes halogenated alkanes) is 4. The Bertz CT molecular complexity index is 358. The molecule has 4 nitrogen and oxygen atoms in total. The number of carbonyl (C=O) groups is 2. The van der Waals surface area contributed by atoms with E-state index in [4.69, 9.17) is 9.47 Å². The molecule has 0 bridgehead atoms. The van der Waals surface area contributed by atoms with Crippen molar-refractivity contribution in [3.63, 3.8) is 0 Å². The first-order chi connectivity index (χ1) is 10.6. The van der Waals surface area contributed by atoms with Gasteiger partial charge < -0.3 is 9.47 Å². The molecule has 0 radical (unpaired) electrons. The van der Waals surface area contributed by atoms with Crippen LogP contribution in [-0.2, 0) is 19.1 Å². The van der Waals surface area contributed by atoms with E-state index in [2.05, 4.69) is 6.92 Å². The quantitative estimate of drug-likeness (QED) is 0.301. The van der Waals surface area contributed by atoms with Crippen LogP contribution in [0.2, 0.25) is 0 Å². The Balaban J connectivity index is 4.74. The Morgan fingerprint density at radius 2 is 1.27 bits per heavy atom. The molecule has 0 aromatic carbocycles. The topological polar surface area (TPSA) is 52.6 Å². The van der Waals surface area contributed by atoms with Crippen molar-refractivity contribution >= 4 is 11.9 Å². The minimum absolute atomic E-state index is 0.372. The van der Waals surface area contributed by atoms with Crippen LogP contribution >= 0.6 is 0 Å². The highest BCUT2D eigenvalue weighted by Gasteiger charge is 2.19. The molecule has 4 heteroatoms. The largest absolute Gasteiger partial charge is 0.462 e. The Morgan fingerprint density at radius 1 is 0.727 bits per heavy atom. The minimum Gasteiger partial charge on any atom is -0.462 e. The Hall–Kier alpha value is -1.32. The standard InChI is InChI=1S/C18H32O4/c1-5-8-9-10-11-12-16(18(20)22-14-7-3)15(4)17(19)21-13-6-2/h5-14H2,1-4H3/b16-15-. The van der Waals surface area contributed by atoms with Crippen LogP contribution in [0, 0.1) is 0 Å². The summed E-state index contributed by atoms with van der Waals surface area (Å²) in [5, 5.41) is 0. The monoisotopic (exact) mass is 312 g/mol. The lowest BCUT2D eigenvalue weighted by Gasteiger charge is -2.12. The second-order valence-electron chi connectivity index (χ2n) is 5.54. The van der Waals surface area contributed by atoms with Crippen LogP contribution in [0.3, 0.4) is 0 Å². The maximum atomic E-state index is 12.2. The zero-order valence-electron chi connectivity index (χ0n) is 14.7. The summed E-state index contributed by atoms with van der Waals surface area (Å²) >= 11 is 0. The van der Waals surface area contributed by atoms with Crippen molar-refractivity contribution in [1.82, 2.24) is 0 Å². The molecule has 0 aromatic heterocycles. The summed E-state index contributed by atoms with van der Waals surface area (Å²) in [6.45, 7) is 8.48. The second kappa shape index (κ2) is 13.4. The molecule has 0 aliphatic carbocycles. The number of hydrogen-bond acceptors (Lipinski definition) is 4. The van der Waals surface area contributed by atoms with E-state index in [1.807, 2.05) is 13.8 Å². The number of carbonyl (C=O) groups excluding carboxylic acids is 2. The van der Waals surface area contributed by atoms with Gasteiger partial charge in [-0.1, -0.05) is 46.5 Å². The summed E-state index contributed by atoms with van der Waals surface area (Å²) in [6.07, 6.45) is 7.64. The molecule has 0 heterocycles. The van der Waals surface area contributed by atoms with Crippen molar-refractivity contribution in [1.29, 1.82) is 0 Å². The first kappa shape index (κ1) is 20.7. The first-order valence-corrected chi connectivity index (χ1v) is 8.62. The highest BCUT2D eigenvalue weighted by Crippen LogP contribution is 2.18. The summed E-state index contributed by atoms with van der Waals surface area (Å²) < 4.78 is 10.3. The lowest BCUT2D eigenvalue weighted by Crippen LogP contribution is -2.16. The van der Waals surface area contributed by atoms with Crippen LogP contribution in [0.1, 0.15) is 79.1 Å². The van der Waals surface area contributed by atoms with Crippen molar-refractivity contribution in [2.24, 2.45) is 0 Å². The normalized spacial score (nSPS) is 11.8. The van der Waals surface area contributed by atoms with Crippen molar-refractivity contribution in [2.75, 3.05) is 13.2 Å². The van der Waals surface area contributed by atoms with Gasteiger partial charge in [-0.25, -0.2) is 9.59 Å². The Kier molecular flexibility index (Phi) is 12.5. The smallest absolute Gasteiger partial charge is 0.334 e. The fourth-order valence-electron chi connectivity index (χ4n) is 2.06. The van der Waals surface area contributed by atoms with Gasteiger partial charge in [-0.3, -0.25) is 0 Å². The van der Waals surface area contributed by atoms with Crippen LogP contribution < -0.4 is 0 Å². The summed E-state index contributed by atoms with van der Waals surface area (Å²) in [6, 6.07) is 0. The highest BCUT2D eigenvalue weighted by atomic mass is 16.5. The van der Waals surface area contributed by atoms with Gasteiger partial charge in [0.05, 0.1) is 13.2 Å². The lowest BCUT2D eigenvalue weighted by atomic mass is 10.0. The van der Waals surface area contributed by atoms with E-state index >= 15 is 0 Å². The molecular formula is C18H32O4. The molecule has 0 saturated heterocycles. The third kappa shape index (κ3) is 8.85.